The highest BCUT2D eigenvalue weighted by molar-refractivity contribution is 7.09. The van der Waals surface area contributed by atoms with Crippen molar-refractivity contribution >= 4 is 28.9 Å². The minimum Gasteiger partial charge on any atom is -0.461 e. The first-order valence-corrected chi connectivity index (χ1v) is 10.7. The van der Waals surface area contributed by atoms with E-state index >= 15 is 0 Å². The highest BCUT2D eigenvalue weighted by atomic mass is 32.1. The smallest absolute Gasteiger partial charge is 0.357 e. The van der Waals surface area contributed by atoms with Gasteiger partial charge >= 0.3 is 5.97 Å². The van der Waals surface area contributed by atoms with E-state index in [4.69, 9.17) is 4.74 Å². The monoisotopic (exact) mass is 399 g/mol. The molecule has 1 aromatic heterocycles. The number of hydrogen-bond donors (Lipinski definition) is 0. The average molecular weight is 400 g/mol. The number of thiazole rings is 1. The van der Waals surface area contributed by atoms with Crippen LogP contribution in [0, 0.1) is 5.92 Å². The minimum atomic E-state index is -0.366. The second-order valence-electron chi connectivity index (χ2n) is 7.47. The molecule has 4 rings (SSSR count). The molecule has 7 heteroatoms. The second-order valence-corrected chi connectivity index (χ2v) is 8.41. The zero-order chi connectivity index (χ0) is 19.7. The van der Waals surface area contributed by atoms with Crippen LogP contribution in [-0.4, -0.2) is 55.0 Å². The van der Waals surface area contributed by atoms with Crippen molar-refractivity contribution in [2.45, 2.75) is 26.2 Å². The standard InChI is InChI=1S/C21H25N3O3S/c1-3-27-21(26)17-13-28-19(22-17)10-14-6-9-24(12-14)20(25)16-5-4-15-7-8-23(2)18(15)11-16/h4-5,11,13-14H,3,6-10,12H2,1-2H3. The zero-order valence-corrected chi connectivity index (χ0v) is 17.1. The predicted octanol–water partition coefficient (Wildman–Crippen LogP) is 3.02. The molecule has 2 aliphatic heterocycles. The van der Waals surface area contributed by atoms with Crippen molar-refractivity contribution in [1.82, 2.24) is 9.88 Å². The SMILES string of the molecule is CCOC(=O)c1csc(CC2CCN(C(=O)c3ccc4c(c3)N(C)CC4)C2)n1. The van der Waals surface area contributed by atoms with Gasteiger partial charge in [-0.25, -0.2) is 9.78 Å². The highest BCUT2D eigenvalue weighted by Crippen LogP contribution is 2.29. The maximum atomic E-state index is 13.0. The lowest BCUT2D eigenvalue weighted by molar-refractivity contribution is 0.0520. The van der Waals surface area contributed by atoms with Crippen molar-refractivity contribution in [3.8, 4) is 0 Å². The van der Waals surface area contributed by atoms with E-state index in [-0.39, 0.29) is 11.9 Å². The number of fused-ring (bicyclic) bond motifs is 1. The summed E-state index contributed by atoms with van der Waals surface area (Å²) in [5.41, 5.74) is 3.65. The van der Waals surface area contributed by atoms with Gasteiger partial charge in [0.25, 0.3) is 5.91 Å². The van der Waals surface area contributed by atoms with Crippen molar-refractivity contribution in [3.63, 3.8) is 0 Å². The van der Waals surface area contributed by atoms with Gasteiger partial charge in [-0.1, -0.05) is 6.07 Å². The van der Waals surface area contributed by atoms with Crippen LogP contribution in [0.15, 0.2) is 23.6 Å². The number of aromatic nitrogens is 1. The molecule has 0 bridgehead atoms. The topological polar surface area (TPSA) is 62.7 Å². The number of hydrogen-bond acceptors (Lipinski definition) is 6. The average Bonchev–Trinajstić information content (AvgIpc) is 3.43. The molecular formula is C21H25N3O3S. The molecule has 148 valence electrons. The third-order valence-electron chi connectivity index (χ3n) is 5.53. The first kappa shape index (κ1) is 18.9. The first-order chi connectivity index (χ1) is 13.5. The fraction of sp³-hybridized carbons (Fsp3) is 0.476. The fourth-order valence-corrected chi connectivity index (χ4v) is 4.87. The third-order valence-corrected chi connectivity index (χ3v) is 6.40. The van der Waals surface area contributed by atoms with Crippen LogP contribution in [0.3, 0.4) is 0 Å². The van der Waals surface area contributed by atoms with Gasteiger partial charge in [0.1, 0.15) is 0 Å². The van der Waals surface area contributed by atoms with Gasteiger partial charge in [-0.2, -0.15) is 0 Å². The number of likely N-dealkylation sites (tertiary alicyclic amines) is 1. The number of esters is 1. The number of carbonyl (C=O) groups excluding carboxylic acids is 2. The van der Waals surface area contributed by atoms with Gasteiger partial charge in [0.05, 0.1) is 11.6 Å². The van der Waals surface area contributed by atoms with Crippen LogP contribution in [0.5, 0.6) is 0 Å². The number of likely N-dealkylation sites (N-methyl/N-ethyl adjacent to an activating group) is 1. The van der Waals surface area contributed by atoms with Crippen LogP contribution >= 0.6 is 11.3 Å². The summed E-state index contributed by atoms with van der Waals surface area (Å²) in [5.74, 6) is 0.119. The molecule has 0 saturated carbocycles. The molecule has 1 aromatic carbocycles. The molecule has 2 aliphatic rings. The van der Waals surface area contributed by atoms with Gasteiger partial charge in [-0.05, 0) is 43.4 Å². The normalized spacial score (nSPS) is 18.4. The van der Waals surface area contributed by atoms with E-state index in [2.05, 4.69) is 23.0 Å². The molecule has 28 heavy (non-hydrogen) atoms. The lowest BCUT2D eigenvalue weighted by Gasteiger charge is -2.18. The molecule has 0 spiro atoms. The van der Waals surface area contributed by atoms with E-state index in [0.717, 1.165) is 49.5 Å². The van der Waals surface area contributed by atoms with Gasteiger partial charge in [0.2, 0.25) is 0 Å². The van der Waals surface area contributed by atoms with E-state index in [0.29, 0.717) is 18.2 Å². The number of rotatable bonds is 5. The van der Waals surface area contributed by atoms with Crippen LogP contribution in [0.1, 0.15) is 44.8 Å². The van der Waals surface area contributed by atoms with Gasteiger partial charge in [-0.15, -0.1) is 11.3 Å². The Hall–Kier alpha value is -2.41. The molecule has 0 N–H and O–H groups in total. The molecule has 2 aromatic rings. The number of nitrogens with zero attached hydrogens (tertiary/aromatic N) is 3. The number of carbonyl (C=O) groups is 2. The maximum Gasteiger partial charge on any atom is 0.357 e. The zero-order valence-electron chi connectivity index (χ0n) is 16.3. The van der Waals surface area contributed by atoms with Crippen LogP contribution in [0.25, 0.3) is 0 Å². The molecular weight excluding hydrogens is 374 g/mol. The van der Waals surface area contributed by atoms with E-state index < -0.39 is 0 Å². The molecule has 1 fully saturated rings. The Balaban J connectivity index is 1.37. The van der Waals surface area contributed by atoms with Crippen molar-refractivity contribution in [1.29, 1.82) is 0 Å². The molecule has 1 saturated heterocycles. The Bertz CT molecular complexity index is 895. The number of ether oxygens (including phenoxy) is 1. The summed E-state index contributed by atoms with van der Waals surface area (Å²) in [6.45, 7) is 4.66. The van der Waals surface area contributed by atoms with Gasteiger partial charge in [-0.3, -0.25) is 4.79 Å². The third kappa shape index (κ3) is 3.76. The molecule has 1 unspecified atom stereocenters. The lowest BCUT2D eigenvalue weighted by Crippen LogP contribution is -2.29. The van der Waals surface area contributed by atoms with Crippen LogP contribution in [0.2, 0.25) is 0 Å². The Morgan fingerprint density at radius 3 is 3.00 bits per heavy atom. The second kappa shape index (κ2) is 7.91. The van der Waals surface area contributed by atoms with Crippen molar-refractivity contribution < 1.29 is 14.3 Å². The summed E-state index contributed by atoms with van der Waals surface area (Å²) in [7, 11) is 2.07. The van der Waals surface area contributed by atoms with Crippen molar-refractivity contribution in [2.24, 2.45) is 5.92 Å². The van der Waals surface area contributed by atoms with E-state index in [1.165, 1.54) is 22.6 Å². The summed E-state index contributed by atoms with van der Waals surface area (Å²) < 4.78 is 5.00. The van der Waals surface area contributed by atoms with Crippen LogP contribution < -0.4 is 4.90 Å². The Kier molecular flexibility index (Phi) is 5.35. The molecule has 6 nitrogen and oxygen atoms in total. The highest BCUT2D eigenvalue weighted by Gasteiger charge is 2.29. The Labute approximate surface area is 169 Å². The summed E-state index contributed by atoms with van der Waals surface area (Å²) in [4.78, 5) is 33.3. The van der Waals surface area contributed by atoms with E-state index in [1.54, 1.807) is 12.3 Å². The first-order valence-electron chi connectivity index (χ1n) is 9.80. The summed E-state index contributed by atoms with van der Waals surface area (Å²) in [6, 6.07) is 6.08. The predicted molar refractivity (Wildman–Crippen MR) is 109 cm³/mol. The van der Waals surface area contributed by atoms with Crippen LogP contribution in [-0.2, 0) is 17.6 Å². The fourth-order valence-electron chi connectivity index (χ4n) is 3.99. The van der Waals surface area contributed by atoms with Gasteiger partial charge < -0.3 is 14.5 Å². The molecule has 0 radical (unpaired) electrons. The lowest BCUT2D eigenvalue weighted by atomic mass is 10.1. The molecule has 1 amide bonds. The van der Waals surface area contributed by atoms with Gasteiger partial charge in [0.15, 0.2) is 5.69 Å². The van der Waals surface area contributed by atoms with E-state index in [1.807, 2.05) is 17.0 Å². The summed E-state index contributed by atoms with van der Waals surface area (Å²) >= 11 is 1.49. The summed E-state index contributed by atoms with van der Waals surface area (Å²) in [6.07, 6.45) is 2.80. The summed E-state index contributed by atoms with van der Waals surface area (Å²) in [5, 5.41) is 2.69. The van der Waals surface area contributed by atoms with E-state index in [9.17, 15) is 9.59 Å². The Morgan fingerprint density at radius 1 is 1.32 bits per heavy atom. The number of amides is 1. The largest absolute Gasteiger partial charge is 0.461 e. The maximum absolute atomic E-state index is 13.0. The van der Waals surface area contributed by atoms with Crippen molar-refractivity contribution in [2.75, 3.05) is 38.2 Å². The number of anilines is 1. The molecule has 0 aliphatic carbocycles. The number of benzene rings is 1. The van der Waals surface area contributed by atoms with Crippen molar-refractivity contribution in [3.05, 3.63) is 45.4 Å². The molecule has 1 atom stereocenters. The Morgan fingerprint density at radius 2 is 2.18 bits per heavy atom. The van der Waals surface area contributed by atoms with Crippen LogP contribution in [0.4, 0.5) is 5.69 Å². The van der Waals surface area contributed by atoms with Gasteiger partial charge in [0, 0.05) is 49.7 Å². The molecule has 3 heterocycles. The quantitative estimate of drug-likeness (QED) is 0.723. The minimum absolute atomic E-state index is 0.108.